The number of sulfonamides is 1. The van der Waals surface area contributed by atoms with Crippen molar-refractivity contribution in [2.24, 2.45) is 5.92 Å². The molecule has 0 bridgehead atoms. The van der Waals surface area contributed by atoms with Gasteiger partial charge in [-0.05, 0) is 32.2 Å². The zero-order chi connectivity index (χ0) is 14.6. The third-order valence-corrected chi connectivity index (χ3v) is 6.06. The van der Waals surface area contributed by atoms with Gasteiger partial charge in [0.05, 0.1) is 18.5 Å². The Balaban J connectivity index is 1.84. The Morgan fingerprint density at radius 1 is 1.30 bits per heavy atom. The average molecular weight is 306 g/mol. The van der Waals surface area contributed by atoms with Gasteiger partial charge < -0.3 is 14.7 Å². The molecular weight excluding hydrogens is 280 g/mol. The molecule has 0 aromatic rings. The monoisotopic (exact) mass is 306 g/mol. The summed E-state index contributed by atoms with van der Waals surface area (Å²) in [7, 11) is -1.23. The third kappa shape index (κ3) is 4.39. The van der Waals surface area contributed by atoms with E-state index in [2.05, 4.69) is 4.90 Å². The van der Waals surface area contributed by atoms with Gasteiger partial charge in [-0.3, -0.25) is 0 Å². The molecule has 2 aliphatic heterocycles. The standard InChI is InChI=1S/C13H26N2O4S/c1-14-6-8-19-13(10-14)11-20(17,18)15-5-4-12(9-15)3-2-7-16/h12-13,16H,2-11H2,1H3. The highest BCUT2D eigenvalue weighted by Crippen LogP contribution is 2.24. The Hall–Kier alpha value is -0.210. The summed E-state index contributed by atoms with van der Waals surface area (Å²) in [6.45, 7) is 3.55. The highest BCUT2D eigenvalue weighted by Gasteiger charge is 2.33. The van der Waals surface area contributed by atoms with Gasteiger partial charge in [0.1, 0.15) is 0 Å². The number of rotatable bonds is 6. The lowest BCUT2D eigenvalue weighted by Crippen LogP contribution is -2.45. The Bertz CT molecular complexity index is 401. The molecule has 2 saturated heterocycles. The predicted octanol–water partition coefficient (Wildman–Crippen LogP) is -0.259. The Labute approximate surface area is 121 Å². The second kappa shape index (κ2) is 7.17. The first-order valence-corrected chi connectivity index (χ1v) is 9.01. The Kier molecular flexibility index (Phi) is 5.80. The molecule has 2 atom stereocenters. The number of nitrogens with zero attached hydrogens (tertiary/aromatic N) is 2. The molecule has 2 fully saturated rings. The van der Waals surface area contributed by atoms with Crippen LogP contribution in [-0.4, -0.2) is 81.0 Å². The molecule has 0 aliphatic carbocycles. The molecule has 6 nitrogen and oxygen atoms in total. The number of aliphatic hydroxyl groups excluding tert-OH is 1. The Morgan fingerprint density at radius 2 is 2.10 bits per heavy atom. The minimum Gasteiger partial charge on any atom is -0.396 e. The molecule has 7 heteroatoms. The number of likely N-dealkylation sites (N-methyl/N-ethyl adjacent to an activating group) is 1. The van der Waals surface area contributed by atoms with E-state index in [1.54, 1.807) is 4.31 Å². The normalized spacial score (nSPS) is 29.9. The smallest absolute Gasteiger partial charge is 0.216 e. The number of hydrogen-bond acceptors (Lipinski definition) is 5. The lowest BCUT2D eigenvalue weighted by atomic mass is 10.0. The van der Waals surface area contributed by atoms with Crippen LogP contribution in [0.5, 0.6) is 0 Å². The van der Waals surface area contributed by atoms with Gasteiger partial charge in [-0.2, -0.15) is 0 Å². The van der Waals surface area contributed by atoms with E-state index in [0.717, 1.165) is 25.8 Å². The van der Waals surface area contributed by atoms with Crippen molar-refractivity contribution in [2.45, 2.75) is 25.4 Å². The third-order valence-electron chi connectivity index (χ3n) is 4.15. The molecule has 0 aromatic carbocycles. The summed E-state index contributed by atoms with van der Waals surface area (Å²) in [5.41, 5.74) is 0. The predicted molar refractivity (Wildman–Crippen MR) is 77.0 cm³/mol. The van der Waals surface area contributed by atoms with Crippen molar-refractivity contribution in [2.75, 3.05) is 52.2 Å². The fraction of sp³-hybridized carbons (Fsp3) is 1.00. The van der Waals surface area contributed by atoms with Crippen LogP contribution in [0.1, 0.15) is 19.3 Å². The van der Waals surface area contributed by atoms with Gasteiger partial charge in [0, 0.05) is 32.8 Å². The van der Waals surface area contributed by atoms with Crippen LogP contribution in [0.4, 0.5) is 0 Å². The largest absolute Gasteiger partial charge is 0.396 e. The van der Waals surface area contributed by atoms with Crippen LogP contribution in [0.25, 0.3) is 0 Å². The van der Waals surface area contributed by atoms with Crippen LogP contribution >= 0.6 is 0 Å². The zero-order valence-electron chi connectivity index (χ0n) is 12.2. The molecule has 2 unspecified atom stereocenters. The van der Waals surface area contributed by atoms with Gasteiger partial charge in [-0.25, -0.2) is 12.7 Å². The summed E-state index contributed by atoms with van der Waals surface area (Å²) in [6, 6.07) is 0. The van der Waals surface area contributed by atoms with Crippen LogP contribution in [0.3, 0.4) is 0 Å². The first kappa shape index (κ1) is 16.2. The molecule has 118 valence electrons. The van der Waals surface area contributed by atoms with Crippen molar-refractivity contribution in [1.29, 1.82) is 0 Å². The van der Waals surface area contributed by atoms with E-state index in [4.69, 9.17) is 9.84 Å². The SMILES string of the molecule is CN1CCOC(CS(=O)(=O)N2CCC(CCCO)C2)C1. The average Bonchev–Trinajstić information content (AvgIpc) is 2.85. The summed E-state index contributed by atoms with van der Waals surface area (Å²) >= 11 is 0. The Morgan fingerprint density at radius 3 is 2.80 bits per heavy atom. The molecule has 2 aliphatic rings. The second-order valence-corrected chi connectivity index (χ2v) is 7.93. The van der Waals surface area contributed by atoms with Gasteiger partial charge in [-0.15, -0.1) is 0 Å². The van der Waals surface area contributed by atoms with E-state index in [-0.39, 0.29) is 18.5 Å². The number of aliphatic hydroxyl groups is 1. The highest BCUT2D eigenvalue weighted by molar-refractivity contribution is 7.89. The first-order valence-electron chi connectivity index (χ1n) is 7.40. The van der Waals surface area contributed by atoms with Gasteiger partial charge >= 0.3 is 0 Å². The second-order valence-electron chi connectivity index (χ2n) is 5.91. The van der Waals surface area contributed by atoms with Crippen molar-refractivity contribution >= 4 is 10.0 Å². The van der Waals surface area contributed by atoms with Crippen LogP contribution in [-0.2, 0) is 14.8 Å². The fourth-order valence-electron chi connectivity index (χ4n) is 2.97. The van der Waals surface area contributed by atoms with E-state index in [0.29, 0.717) is 32.2 Å². The quantitative estimate of drug-likeness (QED) is 0.732. The number of morpholine rings is 1. The fourth-order valence-corrected chi connectivity index (χ4v) is 4.68. The van der Waals surface area contributed by atoms with E-state index < -0.39 is 10.0 Å². The molecule has 0 spiro atoms. The van der Waals surface area contributed by atoms with Gasteiger partial charge in [-0.1, -0.05) is 0 Å². The summed E-state index contributed by atoms with van der Waals surface area (Å²) in [5, 5.41) is 8.84. The van der Waals surface area contributed by atoms with Crippen molar-refractivity contribution in [3.05, 3.63) is 0 Å². The van der Waals surface area contributed by atoms with Crippen molar-refractivity contribution in [3.8, 4) is 0 Å². The number of hydrogen-bond donors (Lipinski definition) is 1. The molecule has 0 radical (unpaired) electrons. The maximum atomic E-state index is 12.4. The minimum absolute atomic E-state index is 0.0874. The summed E-state index contributed by atoms with van der Waals surface area (Å²) < 4.78 is 32.0. The lowest BCUT2D eigenvalue weighted by Gasteiger charge is -2.30. The first-order chi connectivity index (χ1) is 9.51. The van der Waals surface area contributed by atoms with E-state index >= 15 is 0 Å². The lowest BCUT2D eigenvalue weighted by molar-refractivity contribution is -0.00723. The molecular formula is C13H26N2O4S. The van der Waals surface area contributed by atoms with Gasteiger partial charge in [0.25, 0.3) is 0 Å². The van der Waals surface area contributed by atoms with Crippen LogP contribution in [0.15, 0.2) is 0 Å². The van der Waals surface area contributed by atoms with Crippen molar-refractivity contribution in [1.82, 2.24) is 9.21 Å². The summed E-state index contributed by atoms with van der Waals surface area (Å²) in [5.74, 6) is 0.483. The molecule has 2 heterocycles. The zero-order valence-corrected chi connectivity index (χ0v) is 13.0. The van der Waals surface area contributed by atoms with Crippen LogP contribution < -0.4 is 0 Å². The number of ether oxygens (including phenoxy) is 1. The molecule has 0 amide bonds. The van der Waals surface area contributed by atoms with Crippen LogP contribution in [0, 0.1) is 5.92 Å². The molecule has 2 rings (SSSR count). The summed E-state index contributed by atoms with van der Waals surface area (Å²) in [4.78, 5) is 2.11. The van der Waals surface area contributed by atoms with E-state index in [1.165, 1.54) is 0 Å². The highest BCUT2D eigenvalue weighted by atomic mass is 32.2. The topological polar surface area (TPSA) is 70.1 Å². The van der Waals surface area contributed by atoms with Gasteiger partial charge in [0.2, 0.25) is 10.0 Å². The summed E-state index contributed by atoms with van der Waals surface area (Å²) in [6.07, 6.45) is 2.36. The van der Waals surface area contributed by atoms with E-state index in [9.17, 15) is 8.42 Å². The molecule has 0 saturated carbocycles. The van der Waals surface area contributed by atoms with Crippen LogP contribution in [0.2, 0.25) is 0 Å². The maximum Gasteiger partial charge on any atom is 0.216 e. The molecule has 1 N–H and O–H groups in total. The minimum atomic E-state index is -3.22. The maximum absolute atomic E-state index is 12.4. The van der Waals surface area contributed by atoms with Crippen molar-refractivity contribution in [3.63, 3.8) is 0 Å². The van der Waals surface area contributed by atoms with Gasteiger partial charge in [0.15, 0.2) is 0 Å². The molecule has 0 aromatic heterocycles. The van der Waals surface area contributed by atoms with Crippen molar-refractivity contribution < 1.29 is 18.3 Å². The molecule has 20 heavy (non-hydrogen) atoms. The van der Waals surface area contributed by atoms with E-state index in [1.807, 2.05) is 7.05 Å².